The predicted octanol–water partition coefficient (Wildman–Crippen LogP) is 3.24. The van der Waals surface area contributed by atoms with Gasteiger partial charge in [0.05, 0.1) is 24.2 Å². The first-order valence-corrected chi connectivity index (χ1v) is 14.4. The molecule has 232 valence electrons. The summed E-state index contributed by atoms with van der Waals surface area (Å²) in [4.78, 5) is 55.6. The van der Waals surface area contributed by atoms with Gasteiger partial charge in [0.25, 0.3) is 0 Å². The third kappa shape index (κ3) is 5.56. The highest BCUT2D eigenvalue weighted by Gasteiger charge is 2.38. The van der Waals surface area contributed by atoms with Crippen LogP contribution in [0.25, 0.3) is 11.0 Å². The first-order valence-electron chi connectivity index (χ1n) is 14.4. The van der Waals surface area contributed by atoms with Crippen LogP contribution >= 0.6 is 0 Å². The fourth-order valence-electron chi connectivity index (χ4n) is 5.68. The summed E-state index contributed by atoms with van der Waals surface area (Å²) in [5, 5.41) is 9.38. The molecule has 2 saturated heterocycles. The van der Waals surface area contributed by atoms with Crippen LogP contribution in [0.1, 0.15) is 49.0 Å². The minimum absolute atomic E-state index is 0.0155. The van der Waals surface area contributed by atoms with E-state index in [-0.39, 0.29) is 59.2 Å². The quantitative estimate of drug-likeness (QED) is 0.368. The number of carboxylic acid groups (broad SMARTS) is 1. The molecule has 44 heavy (non-hydrogen) atoms. The third-order valence-electron chi connectivity index (χ3n) is 8.43. The van der Waals surface area contributed by atoms with Crippen LogP contribution < -0.4 is 25.7 Å². The highest BCUT2D eigenvalue weighted by molar-refractivity contribution is 5.92. The van der Waals surface area contributed by atoms with Gasteiger partial charge in [0, 0.05) is 31.4 Å². The number of carbonyl (C=O) groups excluding carboxylic acids is 2. The van der Waals surface area contributed by atoms with Crippen molar-refractivity contribution in [2.45, 2.75) is 50.8 Å². The van der Waals surface area contributed by atoms with Crippen molar-refractivity contribution in [2.24, 2.45) is 11.7 Å². The summed E-state index contributed by atoms with van der Waals surface area (Å²) in [6.07, 6.45) is 2.63. The lowest BCUT2D eigenvalue weighted by atomic mass is 9.97. The largest absolute Gasteiger partial charge is 0.490 e. The van der Waals surface area contributed by atoms with Gasteiger partial charge in [-0.05, 0) is 56.7 Å². The van der Waals surface area contributed by atoms with Crippen LogP contribution in [0, 0.1) is 17.6 Å². The number of amides is 1. The lowest BCUT2D eigenvalue weighted by Gasteiger charge is -2.33. The Morgan fingerprint density at radius 1 is 1.14 bits per heavy atom. The molecule has 6 rings (SSSR count). The van der Waals surface area contributed by atoms with Crippen LogP contribution in [0.3, 0.4) is 0 Å². The molecule has 2 aromatic heterocycles. The fourth-order valence-corrected chi connectivity index (χ4v) is 5.68. The summed E-state index contributed by atoms with van der Waals surface area (Å²) < 4.78 is 42.7. The fraction of sp³-hybridized carbons (Fsp3) is 0.433. The van der Waals surface area contributed by atoms with E-state index in [4.69, 9.17) is 15.2 Å². The number of carboxylic acids is 1. The van der Waals surface area contributed by atoms with Crippen molar-refractivity contribution < 1.29 is 37.7 Å². The zero-order valence-corrected chi connectivity index (χ0v) is 23.9. The molecule has 3 N–H and O–H groups in total. The summed E-state index contributed by atoms with van der Waals surface area (Å²) in [6.45, 7) is 2.45. The van der Waals surface area contributed by atoms with Crippen molar-refractivity contribution >= 4 is 40.4 Å². The van der Waals surface area contributed by atoms with E-state index in [0.717, 1.165) is 25.0 Å². The van der Waals surface area contributed by atoms with Crippen LogP contribution in [-0.4, -0.2) is 70.9 Å². The van der Waals surface area contributed by atoms with Crippen molar-refractivity contribution in [1.29, 1.82) is 0 Å². The number of aromatic carboxylic acids is 1. The molecule has 12 nitrogen and oxygen atoms in total. The van der Waals surface area contributed by atoms with Crippen LogP contribution in [0.15, 0.2) is 35.3 Å². The number of anilines is 2. The Morgan fingerprint density at radius 3 is 2.50 bits per heavy atom. The topological polar surface area (TPSA) is 157 Å². The number of cyclic esters (lactones) is 1. The molecule has 4 heterocycles. The minimum Gasteiger partial charge on any atom is -0.490 e. The number of aromatic nitrogens is 2. The van der Waals surface area contributed by atoms with Crippen LogP contribution in [-0.2, 0) is 9.53 Å². The van der Waals surface area contributed by atoms with Gasteiger partial charge >= 0.3 is 12.1 Å². The number of ether oxygens (including phenoxy) is 2. The summed E-state index contributed by atoms with van der Waals surface area (Å²) in [6, 6.07) is 4.24. The normalized spacial score (nSPS) is 19.7. The number of rotatable bonds is 9. The van der Waals surface area contributed by atoms with Gasteiger partial charge in [-0.1, -0.05) is 0 Å². The number of carbonyl (C=O) groups is 3. The van der Waals surface area contributed by atoms with Gasteiger partial charge in [-0.2, -0.15) is 0 Å². The Hall–Kier alpha value is -4.59. The van der Waals surface area contributed by atoms with Crippen molar-refractivity contribution in [3.63, 3.8) is 0 Å². The Bertz CT molecular complexity index is 1720. The lowest BCUT2D eigenvalue weighted by Crippen LogP contribution is -2.43. The molecule has 1 aliphatic carbocycles. The number of hydrogen-bond donors (Lipinski definition) is 2. The number of nitrogens with zero attached hydrogens (tertiary/aromatic N) is 4. The van der Waals surface area contributed by atoms with E-state index < -0.39 is 46.8 Å². The Balaban J connectivity index is 1.09. The SMILES string of the molecule is CC(=O)C(N)C1CN(c2ccc(OCC3CCN(c4nc5c(cc4F)c(=O)c(C(=O)O)cn5C4CC4)CC3)c(F)c2)C(=O)O1. The van der Waals surface area contributed by atoms with Crippen LogP contribution in [0.2, 0.25) is 0 Å². The maximum Gasteiger partial charge on any atom is 0.414 e. The number of benzene rings is 1. The molecule has 2 unspecified atom stereocenters. The molecule has 0 bridgehead atoms. The van der Waals surface area contributed by atoms with E-state index in [1.54, 1.807) is 9.47 Å². The zero-order chi connectivity index (χ0) is 31.3. The molecule has 1 amide bonds. The molecule has 14 heteroatoms. The van der Waals surface area contributed by atoms with Crippen molar-refractivity contribution in [2.75, 3.05) is 36.0 Å². The number of piperidine rings is 1. The van der Waals surface area contributed by atoms with E-state index in [1.807, 2.05) is 0 Å². The van der Waals surface area contributed by atoms with E-state index in [0.29, 0.717) is 25.9 Å². The molecule has 0 spiro atoms. The maximum atomic E-state index is 15.2. The van der Waals surface area contributed by atoms with Crippen molar-refractivity contribution in [1.82, 2.24) is 9.55 Å². The monoisotopic (exact) mass is 611 g/mol. The molecule has 2 aliphatic heterocycles. The van der Waals surface area contributed by atoms with E-state index in [9.17, 15) is 28.7 Å². The second-order valence-electron chi connectivity index (χ2n) is 11.5. The molecule has 1 saturated carbocycles. The number of ketones is 1. The Kier molecular flexibility index (Phi) is 7.70. The summed E-state index contributed by atoms with van der Waals surface area (Å²) in [5.41, 5.74) is 5.14. The van der Waals surface area contributed by atoms with Gasteiger partial charge in [-0.15, -0.1) is 0 Å². The lowest BCUT2D eigenvalue weighted by molar-refractivity contribution is -0.120. The van der Waals surface area contributed by atoms with E-state index >= 15 is 4.39 Å². The molecule has 3 aromatic rings. The number of fused-ring (bicyclic) bond motifs is 1. The third-order valence-corrected chi connectivity index (χ3v) is 8.43. The number of halogens is 2. The molecule has 2 atom stereocenters. The maximum absolute atomic E-state index is 15.2. The minimum atomic E-state index is -1.36. The smallest absolute Gasteiger partial charge is 0.414 e. The van der Waals surface area contributed by atoms with E-state index in [1.165, 1.54) is 30.2 Å². The Labute approximate surface area is 249 Å². The van der Waals surface area contributed by atoms with Gasteiger partial charge < -0.3 is 29.8 Å². The second-order valence-corrected chi connectivity index (χ2v) is 11.5. The summed E-state index contributed by atoms with van der Waals surface area (Å²) >= 11 is 0. The molecule has 3 fully saturated rings. The number of nitrogens with two attached hydrogens (primary N) is 1. The first kappa shape index (κ1) is 29.5. The highest BCUT2D eigenvalue weighted by Crippen LogP contribution is 2.37. The highest BCUT2D eigenvalue weighted by atomic mass is 19.1. The molecular weight excluding hydrogens is 580 g/mol. The van der Waals surface area contributed by atoms with E-state index in [2.05, 4.69) is 4.98 Å². The number of pyridine rings is 2. The standard InChI is InChI=1S/C30H31F2N5O7/c1-15(38)25(33)24-13-37(30(42)44-24)18-4-5-23(21(31)10-18)43-14-16-6-8-35(9-7-16)28-22(32)11-19-26(39)20(29(40)41)12-36(17-2-3-17)27(19)34-28/h4-5,10-12,16-17,24-25H,2-3,6-9,13-14,33H2,1H3,(H,40,41). The van der Waals surface area contributed by atoms with Crippen molar-refractivity contribution in [3.05, 3.63) is 57.9 Å². The first-order chi connectivity index (χ1) is 21.0. The van der Waals surface area contributed by atoms with Gasteiger partial charge in [0.1, 0.15) is 29.1 Å². The van der Waals surface area contributed by atoms with Crippen LogP contribution in [0.5, 0.6) is 5.75 Å². The average Bonchev–Trinajstić information content (AvgIpc) is 3.77. The zero-order valence-electron chi connectivity index (χ0n) is 23.9. The average molecular weight is 612 g/mol. The van der Waals surface area contributed by atoms with Crippen LogP contribution in [0.4, 0.5) is 25.1 Å². The second kappa shape index (κ2) is 11.5. The number of Topliss-reactive ketones (excluding diaryl/α,β-unsaturated/α-hetero) is 1. The predicted molar refractivity (Wildman–Crippen MR) is 154 cm³/mol. The molecular formula is C30H31F2N5O7. The molecule has 0 radical (unpaired) electrons. The van der Waals surface area contributed by atoms with Gasteiger partial charge in [0.15, 0.2) is 23.2 Å². The summed E-state index contributed by atoms with van der Waals surface area (Å²) in [5.74, 6) is -2.88. The molecule has 3 aliphatic rings. The van der Waals surface area contributed by atoms with Gasteiger partial charge in [0.2, 0.25) is 5.43 Å². The number of hydrogen-bond acceptors (Lipinski definition) is 9. The van der Waals surface area contributed by atoms with Gasteiger partial charge in [-0.3, -0.25) is 14.5 Å². The molecule has 1 aromatic carbocycles. The van der Waals surface area contributed by atoms with Gasteiger partial charge in [-0.25, -0.2) is 23.4 Å². The van der Waals surface area contributed by atoms with Crippen molar-refractivity contribution in [3.8, 4) is 5.75 Å². The Morgan fingerprint density at radius 2 is 1.86 bits per heavy atom. The summed E-state index contributed by atoms with van der Waals surface area (Å²) in [7, 11) is 0.